The van der Waals surface area contributed by atoms with Crippen LogP contribution in [0.25, 0.3) is 11.0 Å². The number of phenols is 1. The third kappa shape index (κ3) is 6.93. The number of benzene rings is 2. The molecular weight excluding hydrogens is 578 g/mol. The molecule has 5 rings (SSSR count). The van der Waals surface area contributed by atoms with Gasteiger partial charge in [-0.05, 0) is 81.5 Å². The number of carbonyl (C=O) groups excluding carboxylic acids is 4. The second-order valence-corrected chi connectivity index (χ2v) is 11.2. The Kier molecular flexibility index (Phi) is 9.37. The predicted molar refractivity (Wildman–Crippen MR) is 164 cm³/mol. The lowest BCUT2D eigenvalue weighted by molar-refractivity contribution is -0.140. The van der Waals surface area contributed by atoms with E-state index in [-0.39, 0.29) is 46.6 Å². The molecule has 3 aromatic rings. The number of nitrogens with zero attached hydrogens (tertiary/aromatic N) is 3. The molecule has 1 atom stereocenters. The van der Waals surface area contributed by atoms with Crippen molar-refractivity contribution in [3.8, 4) is 11.8 Å². The summed E-state index contributed by atoms with van der Waals surface area (Å²) in [5, 5.41) is 27.5. The number of fused-ring (bicyclic) bond motifs is 1. The van der Waals surface area contributed by atoms with Crippen molar-refractivity contribution in [3.63, 3.8) is 0 Å². The number of aromatic hydroxyl groups is 1. The van der Waals surface area contributed by atoms with Crippen molar-refractivity contribution in [1.29, 1.82) is 5.26 Å². The Balaban J connectivity index is 1.50. The number of amides is 2. The molecule has 3 heterocycles. The maximum atomic E-state index is 13.8. The number of allylic oxidation sites excluding steroid dienone is 1. The number of nitrogens with one attached hydrogen (secondary N) is 2. The van der Waals surface area contributed by atoms with Crippen LogP contribution in [0.5, 0.6) is 5.75 Å². The predicted octanol–water partition coefficient (Wildman–Crippen LogP) is 3.86. The van der Waals surface area contributed by atoms with Gasteiger partial charge in [0.15, 0.2) is 0 Å². The van der Waals surface area contributed by atoms with Crippen molar-refractivity contribution in [2.45, 2.75) is 45.1 Å². The molecule has 234 valence electrons. The summed E-state index contributed by atoms with van der Waals surface area (Å²) in [6.07, 6.45) is 3.69. The number of ketones is 1. The average molecular weight is 614 g/mol. The Labute approximate surface area is 260 Å². The Bertz CT molecular complexity index is 1710. The average Bonchev–Trinajstić information content (AvgIpc) is 3.67. The molecule has 2 aliphatic rings. The largest absolute Gasteiger partial charge is 0.507 e. The highest BCUT2D eigenvalue weighted by Crippen LogP contribution is 2.26. The first kappa shape index (κ1) is 31.1. The van der Waals surface area contributed by atoms with Crippen LogP contribution in [-0.2, 0) is 14.3 Å². The molecule has 2 amide bonds. The van der Waals surface area contributed by atoms with E-state index in [4.69, 9.17) is 9.15 Å². The molecule has 45 heavy (non-hydrogen) atoms. The summed E-state index contributed by atoms with van der Waals surface area (Å²) < 4.78 is 10.4. The number of likely N-dealkylation sites (tertiary alicyclic amines) is 2. The summed E-state index contributed by atoms with van der Waals surface area (Å²) >= 11 is 0. The van der Waals surface area contributed by atoms with Gasteiger partial charge in [-0.15, -0.1) is 0 Å². The Hall–Kier alpha value is -5.31. The van der Waals surface area contributed by atoms with Gasteiger partial charge >= 0.3 is 5.97 Å². The van der Waals surface area contributed by atoms with Crippen LogP contribution in [0.15, 0.2) is 58.3 Å². The molecule has 0 bridgehead atoms. The summed E-state index contributed by atoms with van der Waals surface area (Å²) in [5.74, 6) is -1.68. The highest BCUT2D eigenvalue weighted by atomic mass is 16.5. The SMILES string of the molecule is COC(=O)c1cc(C(=O)/C(C#N)=C(/Nc2ccc3oc(C)cc3c2)N[C@H]2CCCCN(CC(=O)N3CCCC3)C2=O)ccc1O. The monoisotopic (exact) mass is 613 g/mol. The third-order valence-corrected chi connectivity index (χ3v) is 8.05. The van der Waals surface area contributed by atoms with Crippen molar-refractivity contribution in [1.82, 2.24) is 15.1 Å². The molecule has 12 heteroatoms. The molecular formula is C33H35N5O7. The van der Waals surface area contributed by atoms with Gasteiger partial charge in [0.1, 0.15) is 46.2 Å². The molecule has 2 fully saturated rings. The van der Waals surface area contributed by atoms with E-state index in [9.17, 15) is 29.5 Å². The van der Waals surface area contributed by atoms with Crippen molar-refractivity contribution >= 4 is 40.2 Å². The number of furan rings is 1. The first-order valence-electron chi connectivity index (χ1n) is 14.9. The molecule has 0 radical (unpaired) electrons. The van der Waals surface area contributed by atoms with Gasteiger partial charge < -0.3 is 34.7 Å². The summed E-state index contributed by atoms with van der Waals surface area (Å²) in [6, 6.07) is 11.9. The number of rotatable bonds is 9. The van der Waals surface area contributed by atoms with Gasteiger partial charge in [-0.1, -0.05) is 0 Å². The molecule has 3 N–H and O–H groups in total. The molecule has 0 aliphatic carbocycles. The first-order valence-corrected chi connectivity index (χ1v) is 14.9. The van der Waals surface area contributed by atoms with Crippen LogP contribution in [0.4, 0.5) is 5.69 Å². The van der Waals surface area contributed by atoms with Gasteiger partial charge in [0, 0.05) is 36.3 Å². The minimum absolute atomic E-state index is 0.0131. The zero-order chi connectivity index (χ0) is 32.1. The fourth-order valence-corrected chi connectivity index (χ4v) is 5.68. The zero-order valence-electron chi connectivity index (χ0n) is 25.2. The van der Waals surface area contributed by atoms with E-state index in [1.807, 2.05) is 19.1 Å². The summed E-state index contributed by atoms with van der Waals surface area (Å²) in [6.45, 7) is 3.58. The number of carbonyl (C=O) groups is 4. The summed E-state index contributed by atoms with van der Waals surface area (Å²) in [5.41, 5.74) is 0.550. The zero-order valence-corrected chi connectivity index (χ0v) is 25.2. The smallest absolute Gasteiger partial charge is 0.341 e. The number of esters is 1. The van der Waals surface area contributed by atoms with Crippen LogP contribution in [0.2, 0.25) is 0 Å². The van der Waals surface area contributed by atoms with Gasteiger partial charge in [0.2, 0.25) is 17.6 Å². The quantitative estimate of drug-likeness (QED) is 0.140. The van der Waals surface area contributed by atoms with E-state index in [1.54, 1.807) is 28.0 Å². The van der Waals surface area contributed by atoms with Crippen LogP contribution in [0.3, 0.4) is 0 Å². The van der Waals surface area contributed by atoms with Crippen molar-refractivity contribution < 1.29 is 33.4 Å². The summed E-state index contributed by atoms with van der Waals surface area (Å²) in [4.78, 5) is 56.0. The van der Waals surface area contributed by atoms with Gasteiger partial charge in [-0.3, -0.25) is 14.4 Å². The number of ether oxygens (including phenoxy) is 1. The Morgan fingerprint density at radius 1 is 1.07 bits per heavy atom. The van der Waals surface area contributed by atoms with Crippen LogP contribution < -0.4 is 10.6 Å². The molecule has 1 aromatic heterocycles. The second-order valence-electron chi connectivity index (χ2n) is 11.2. The van der Waals surface area contributed by atoms with E-state index in [2.05, 4.69) is 10.6 Å². The van der Waals surface area contributed by atoms with E-state index in [1.165, 1.54) is 12.1 Å². The number of hydrogen-bond donors (Lipinski definition) is 3. The third-order valence-electron chi connectivity index (χ3n) is 8.05. The Morgan fingerprint density at radius 3 is 2.56 bits per heavy atom. The molecule has 0 saturated carbocycles. The molecule has 0 unspecified atom stereocenters. The van der Waals surface area contributed by atoms with Crippen LogP contribution in [0, 0.1) is 18.3 Å². The number of anilines is 1. The molecule has 0 spiro atoms. The molecule has 2 saturated heterocycles. The van der Waals surface area contributed by atoms with Crippen molar-refractivity contribution in [3.05, 3.63) is 70.7 Å². The number of phenolic OH excluding ortho intramolecular Hbond substituents is 1. The van der Waals surface area contributed by atoms with Crippen LogP contribution in [0.1, 0.15) is 58.6 Å². The first-order chi connectivity index (χ1) is 21.7. The van der Waals surface area contributed by atoms with E-state index in [0.717, 1.165) is 31.4 Å². The fraction of sp³-hybridized carbons (Fsp3) is 0.364. The lowest BCUT2D eigenvalue weighted by Gasteiger charge is -2.28. The van der Waals surface area contributed by atoms with Gasteiger partial charge in [-0.2, -0.15) is 5.26 Å². The molecule has 12 nitrogen and oxygen atoms in total. The molecule has 2 aliphatic heterocycles. The highest BCUT2D eigenvalue weighted by Gasteiger charge is 2.32. The number of hydrogen-bond acceptors (Lipinski definition) is 10. The van der Waals surface area contributed by atoms with Crippen LogP contribution in [-0.4, -0.2) is 77.8 Å². The topological polar surface area (TPSA) is 165 Å². The van der Waals surface area contributed by atoms with E-state index < -0.39 is 17.8 Å². The maximum absolute atomic E-state index is 13.8. The Morgan fingerprint density at radius 2 is 1.82 bits per heavy atom. The van der Waals surface area contributed by atoms with Gasteiger partial charge in [0.25, 0.3) is 0 Å². The van der Waals surface area contributed by atoms with Gasteiger partial charge in [-0.25, -0.2) is 4.79 Å². The van der Waals surface area contributed by atoms with Gasteiger partial charge in [0.05, 0.1) is 13.7 Å². The summed E-state index contributed by atoms with van der Waals surface area (Å²) in [7, 11) is 1.15. The lowest BCUT2D eigenvalue weighted by Crippen LogP contribution is -2.49. The normalized spacial score (nSPS) is 17.4. The molecule has 2 aromatic carbocycles. The number of aryl methyl sites for hydroxylation is 1. The van der Waals surface area contributed by atoms with E-state index >= 15 is 0 Å². The highest BCUT2D eigenvalue weighted by molar-refractivity contribution is 6.13. The minimum Gasteiger partial charge on any atom is -0.507 e. The standard InChI is InChI=1S/C33H35N5O7/c1-20-15-22-16-23(9-11-28(22)45-20)35-31(25(18-34)30(41)21-8-10-27(39)24(17-21)33(43)44-2)36-26-7-3-4-14-38(32(26)42)19-29(40)37-12-5-6-13-37/h8-11,15-17,26,35-36,39H,3-7,12-14,19H2,1-2H3/b31-25-/t26-/m0/s1. The number of methoxy groups -OCH3 is 1. The van der Waals surface area contributed by atoms with Crippen molar-refractivity contribution in [2.75, 3.05) is 38.6 Å². The lowest BCUT2D eigenvalue weighted by atomic mass is 10.0. The van der Waals surface area contributed by atoms with E-state index in [0.29, 0.717) is 55.9 Å². The minimum atomic E-state index is -0.850. The maximum Gasteiger partial charge on any atom is 0.341 e. The number of nitriles is 1. The number of Topliss-reactive ketones (excluding diaryl/α,β-unsaturated/α-hetero) is 1. The van der Waals surface area contributed by atoms with Crippen LogP contribution >= 0.6 is 0 Å². The fourth-order valence-electron chi connectivity index (χ4n) is 5.68. The van der Waals surface area contributed by atoms with Crippen molar-refractivity contribution in [2.24, 2.45) is 0 Å². The second kappa shape index (κ2) is 13.5.